The molecule has 1 saturated heterocycles. The Bertz CT molecular complexity index is 419. The second-order valence-electron chi connectivity index (χ2n) is 4.71. The highest BCUT2D eigenvalue weighted by Gasteiger charge is 2.20. The van der Waals surface area contributed by atoms with Crippen LogP contribution in [0.25, 0.3) is 0 Å². The van der Waals surface area contributed by atoms with E-state index in [1.807, 2.05) is 17.7 Å². The minimum absolute atomic E-state index is 0.0558. The topological polar surface area (TPSA) is 67.6 Å². The van der Waals surface area contributed by atoms with Crippen LogP contribution in [-0.4, -0.2) is 57.9 Å². The molecule has 1 N–H and O–H groups in total. The number of imidazole rings is 1. The maximum Gasteiger partial charge on any atom is 0.224 e. The van der Waals surface area contributed by atoms with Crippen LogP contribution in [0.2, 0.25) is 0 Å². The van der Waals surface area contributed by atoms with E-state index in [2.05, 4.69) is 4.98 Å². The Balaban J connectivity index is 1.86. The van der Waals surface area contributed by atoms with Gasteiger partial charge in [-0.1, -0.05) is 6.92 Å². The Labute approximate surface area is 113 Å². The molecule has 1 aliphatic heterocycles. The monoisotopic (exact) mass is 267 g/mol. The predicted molar refractivity (Wildman–Crippen MR) is 69.6 cm³/mol. The molecule has 0 unspecified atom stereocenters. The second-order valence-corrected chi connectivity index (χ2v) is 4.71. The smallest absolute Gasteiger partial charge is 0.224 e. The van der Waals surface area contributed by atoms with Crippen LogP contribution in [0.5, 0.6) is 0 Å². The number of β-amino-alcohol motifs (C(OH)–C–C–N with tert-alkyl or cyclic N) is 1. The summed E-state index contributed by atoms with van der Waals surface area (Å²) < 4.78 is 7.22. The van der Waals surface area contributed by atoms with E-state index in [9.17, 15) is 9.90 Å². The van der Waals surface area contributed by atoms with E-state index in [0.717, 1.165) is 12.2 Å². The quantitative estimate of drug-likeness (QED) is 0.837. The Morgan fingerprint density at radius 1 is 1.63 bits per heavy atom. The molecule has 0 radical (unpaired) electrons. The zero-order valence-corrected chi connectivity index (χ0v) is 11.3. The van der Waals surface area contributed by atoms with Gasteiger partial charge in [-0.15, -0.1) is 0 Å². The van der Waals surface area contributed by atoms with Crippen molar-refractivity contribution >= 4 is 5.91 Å². The molecule has 1 aromatic rings. The molecule has 0 spiro atoms. The SMILES string of the molecule is CCc1nccn1CCC(=O)N1CCOC[C@@H](O)C1. The molecule has 1 amide bonds. The van der Waals surface area contributed by atoms with E-state index < -0.39 is 6.10 Å². The van der Waals surface area contributed by atoms with Crippen LogP contribution in [0.4, 0.5) is 0 Å². The first-order valence-corrected chi connectivity index (χ1v) is 6.74. The van der Waals surface area contributed by atoms with Gasteiger partial charge in [0.1, 0.15) is 5.82 Å². The fourth-order valence-electron chi connectivity index (χ4n) is 2.25. The number of hydrogen-bond donors (Lipinski definition) is 1. The standard InChI is InChI=1S/C13H21N3O3/c1-2-12-14-4-6-15(12)5-3-13(18)16-7-8-19-10-11(17)9-16/h4,6,11,17H,2-3,5,7-10H2,1H3/t11-/m0/s1. The lowest BCUT2D eigenvalue weighted by molar-refractivity contribution is -0.132. The van der Waals surface area contributed by atoms with Crippen molar-refractivity contribution < 1.29 is 14.6 Å². The van der Waals surface area contributed by atoms with Gasteiger partial charge in [-0.2, -0.15) is 0 Å². The fraction of sp³-hybridized carbons (Fsp3) is 0.692. The van der Waals surface area contributed by atoms with E-state index in [1.54, 1.807) is 11.1 Å². The summed E-state index contributed by atoms with van der Waals surface area (Å²) in [5.74, 6) is 1.05. The van der Waals surface area contributed by atoms with Gasteiger partial charge in [-0.25, -0.2) is 4.98 Å². The zero-order chi connectivity index (χ0) is 13.7. The van der Waals surface area contributed by atoms with E-state index in [0.29, 0.717) is 39.3 Å². The molecule has 19 heavy (non-hydrogen) atoms. The van der Waals surface area contributed by atoms with Gasteiger partial charge in [-0.05, 0) is 0 Å². The van der Waals surface area contributed by atoms with Gasteiger partial charge in [0.15, 0.2) is 0 Å². The number of aliphatic hydroxyl groups excluding tert-OH is 1. The Morgan fingerprint density at radius 3 is 3.26 bits per heavy atom. The number of ether oxygens (including phenoxy) is 1. The minimum Gasteiger partial charge on any atom is -0.389 e. The average molecular weight is 267 g/mol. The van der Waals surface area contributed by atoms with Gasteiger partial charge in [0.2, 0.25) is 5.91 Å². The van der Waals surface area contributed by atoms with Gasteiger partial charge in [-0.3, -0.25) is 4.79 Å². The summed E-state index contributed by atoms with van der Waals surface area (Å²) in [4.78, 5) is 18.0. The molecule has 2 heterocycles. The van der Waals surface area contributed by atoms with E-state index in [4.69, 9.17) is 4.74 Å². The number of hydrogen-bond acceptors (Lipinski definition) is 4. The third-order valence-corrected chi connectivity index (χ3v) is 3.28. The number of aromatic nitrogens is 2. The number of amides is 1. The number of rotatable bonds is 4. The number of carbonyl (C=O) groups excluding carboxylic acids is 1. The third kappa shape index (κ3) is 3.78. The molecule has 1 fully saturated rings. The molecule has 1 aromatic heterocycles. The van der Waals surface area contributed by atoms with Crippen LogP contribution >= 0.6 is 0 Å². The number of aliphatic hydroxyl groups is 1. The third-order valence-electron chi connectivity index (χ3n) is 3.28. The highest BCUT2D eigenvalue weighted by Crippen LogP contribution is 2.05. The molecule has 1 aliphatic rings. The van der Waals surface area contributed by atoms with E-state index in [-0.39, 0.29) is 5.91 Å². The minimum atomic E-state index is -0.578. The van der Waals surface area contributed by atoms with Gasteiger partial charge in [0.05, 0.1) is 19.3 Å². The fourth-order valence-corrected chi connectivity index (χ4v) is 2.25. The van der Waals surface area contributed by atoms with E-state index >= 15 is 0 Å². The largest absolute Gasteiger partial charge is 0.389 e. The molecule has 0 bridgehead atoms. The van der Waals surface area contributed by atoms with Crippen molar-refractivity contribution in [2.45, 2.75) is 32.4 Å². The lowest BCUT2D eigenvalue weighted by Crippen LogP contribution is -2.38. The molecular weight excluding hydrogens is 246 g/mol. The van der Waals surface area contributed by atoms with Crippen molar-refractivity contribution in [3.05, 3.63) is 18.2 Å². The van der Waals surface area contributed by atoms with Crippen LogP contribution < -0.4 is 0 Å². The lowest BCUT2D eigenvalue weighted by atomic mass is 10.3. The highest BCUT2D eigenvalue weighted by atomic mass is 16.5. The van der Waals surface area contributed by atoms with E-state index in [1.165, 1.54) is 0 Å². The van der Waals surface area contributed by atoms with Crippen LogP contribution in [0.1, 0.15) is 19.2 Å². The van der Waals surface area contributed by atoms with Crippen molar-refractivity contribution in [2.75, 3.05) is 26.3 Å². The summed E-state index contributed by atoms with van der Waals surface area (Å²) >= 11 is 0. The maximum absolute atomic E-state index is 12.1. The van der Waals surface area contributed by atoms with Crippen LogP contribution in [-0.2, 0) is 22.5 Å². The number of aryl methyl sites for hydroxylation is 2. The summed E-state index contributed by atoms with van der Waals surface area (Å²) in [6.07, 6.45) is 4.36. The molecule has 106 valence electrons. The molecule has 0 aliphatic carbocycles. The molecule has 1 atom stereocenters. The average Bonchev–Trinajstić information content (AvgIpc) is 2.75. The van der Waals surface area contributed by atoms with Gasteiger partial charge >= 0.3 is 0 Å². The number of carbonyl (C=O) groups is 1. The summed E-state index contributed by atoms with van der Waals surface area (Å²) in [5, 5.41) is 9.61. The first-order valence-electron chi connectivity index (χ1n) is 6.74. The Hall–Kier alpha value is -1.40. The zero-order valence-electron chi connectivity index (χ0n) is 11.3. The number of nitrogens with zero attached hydrogens (tertiary/aromatic N) is 3. The summed E-state index contributed by atoms with van der Waals surface area (Å²) in [7, 11) is 0. The van der Waals surface area contributed by atoms with Crippen molar-refractivity contribution in [3.8, 4) is 0 Å². The van der Waals surface area contributed by atoms with Crippen molar-refractivity contribution in [3.63, 3.8) is 0 Å². The van der Waals surface area contributed by atoms with Crippen molar-refractivity contribution in [2.24, 2.45) is 0 Å². The maximum atomic E-state index is 12.1. The summed E-state index contributed by atoms with van der Waals surface area (Å²) in [5.41, 5.74) is 0. The molecular formula is C13H21N3O3. The van der Waals surface area contributed by atoms with Crippen LogP contribution in [0.15, 0.2) is 12.4 Å². The van der Waals surface area contributed by atoms with Gasteiger partial charge in [0.25, 0.3) is 0 Å². The first kappa shape index (κ1) is 14.0. The summed E-state index contributed by atoms with van der Waals surface area (Å²) in [6.45, 7) is 4.40. The van der Waals surface area contributed by atoms with Crippen LogP contribution in [0.3, 0.4) is 0 Å². The van der Waals surface area contributed by atoms with Gasteiger partial charge in [0, 0.05) is 44.9 Å². The predicted octanol–water partition coefficient (Wildman–Crippen LogP) is 0.0553. The first-order chi connectivity index (χ1) is 9.20. The van der Waals surface area contributed by atoms with Crippen molar-refractivity contribution in [1.82, 2.24) is 14.5 Å². The highest BCUT2D eigenvalue weighted by molar-refractivity contribution is 5.76. The molecule has 6 nitrogen and oxygen atoms in total. The Morgan fingerprint density at radius 2 is 2.47 bits per heavy atom. The summed E-state index contributed by atoms with van der Waals surface area (Å²) in [6, 6.07) is 0. The lowest BCUT2D eigenvalue weighted by Gasteiger charge is -2.21. The molecule has 6 heteroatoms. The van der Waals surface area contributed by atoms with Crippen molar-refractivity contribution in [1.29, 1.82) is 0 Å². The normalized spacial score (nSPS) is 20.3. The Kier molecular flexibility index (Phi) is 4.93. The van der Waals surface area contributed by atoms with Gasteiger partial charge < -0.3 is 19.3 Å². The molecule has 0 saturated carbocycles. The molecule has 2 rings (SSSR count). The molecule has 0 aromatic carbocycles. The second kappa shape index (κ2) is 6.68. The van der Waals surface area contributed by atoms with Crippen LogP contribution in [0, 0.1) is 0 Å².